The van der Waals surface area contributed by atoms with Crippen molar-refractivity contribution in [3.63, 3.8) is 0 Å². The lowest BCUT2D eigenvalue weighted by Gasteiger charge is -2.11. The molecule has 0 amide bonds. The van der Waals surface area contributed by atoms with E-state index in [1.54, 1.807) is 4.57 Å². The molecule has 0 atom stereocenters. The fourth-order valence-corrected chi connectivity index (χ4v) is 2.39. The number of non-ortho nitro benzene ring substituents is 1. The quantitative estimate of drug-likeness (QED) is 0.692. The number of aromatic carboxylic acids is 1. The summed E-state index contributed by atoms with van der Waals surface area (Å²) in [6.07, 6.45) is 1.69. The van der Waals surface area contributed by atoms with Gasteiger partial charge in [-0.1, -0.05) is 0 Å². The van der Waals surface area contributed by atoms with Crippen molar-refractivity contribution in [2.45, 2.75) is 18.9 Å². The first-order valence-electron chi connectivity index (χ1n) is 6.38. The van der Waals surface area contributed by atoms with Gasteiger partial charge in [0.1, 0.15) is 11.5 Å². The first kappa shape index (κ1) is 13.3. The molecule has 108 valence electrons. The Hall–Kier alpha value is -2.70. The molecule has 21 heavy (non-hydrogen) atoms. The third-order valence-electron chi connectivity index (χ3n) is 3.49. The van der Waals surface area contributed by atoms with Crippen LogP contribution in [0.1, 0.15) is 29.4 Å². The Kier molecular flexibility index (Phi) is 2.97. The Morgan fingerprint density at radius 1 is 1.33 bits per heavy atom. The van der Waals surface area contributed by atoms with Gasteiger partial charge in [0, 0.05) is 17.7 Å². The smallest absolute Gasteiger partial charge is 0.352 e. The average molecular weight is 290 g/mol. The number of halogens is 1. The van der Waals surface area contributed by atoms with Crippen LogP contribution in [0.3, 0.4) is 0 Å². The number of rotatable bonds is 4. The largest absolute Gasteiger partial charge is 0.477 e. The van der Waals surface area contributed by atoms with Crippen molar-refractivity contribution in [3.05, 3.63) is 52.0 Å². The van der Waals surface area contributed by atoms with E-state index in [4.69, 9.17) is 0 Å². The second-order valence-electron chi connectivity index (χ2n) is 4.93. The molecule has 0 aliphatic heterocycles. The molecule has 1 saturated carbocycles. The third-order valence-corrected chi connectivity index (χ3v) is 3.49. The van der Waals surface area contributed by atoms with E-state index in [2.05, 4.69) is 0 Å². The van der Waals surface area contributed by atoms with Gasteiger partial charge in [0.05, 0.1) is 16.7 Å². The standard InChI is InChI=1S/C14H11FN2O4/c15-11-7-9(17(20)21)3-4-10(11)12-5-6-13(14(18)19)16(12)8-1-2-8/h3-8H,1-2H2,(H,18,19). The maximum Gasteiger partial charge on any atom is 0.352 e. The van der Waals surface area contributed by atoms with Crippen LogP contribution in [0.15, 0.2) is 30.3 Å². The van der Waals surface area contributed by atoms with Gasteiger partial charge in [0.25, 0.3) is 5.69 Å². The van der Waals surface area contributed by atoms with Crippen LogP contribution in [0, 0.1) is 15.9 Å². The van der Waals surface area contributed by atoms with Gasteiger partial charge >= 0.3 is 5.97 Å². The van der Waals surface area contributed by atoms with Crippen LogP contribution in [-0.2, 0) is 0 Å². The highest BCUT2D eigenvalue weighted by atomic mass is 19.1. The minimum absolute atomic E-state index is 0.0516. The molecule has 1 heterocycles. The van der Waals surface area contributed by atoms with Crippen molar-refractivity contribution >= 4 is 11.7 Å². The van der Waals surface area contributed by atoms with Crippen LogP contribution >= 0.6 is 0 Å². The van der Waals surface area contributed by atoms with E-state index in [0.717, 1.165) is 18.9 Å². The lowest BCUT2D eigenvalue weighted by molar-refractivity contribution is -0.385. The van der Waals surface area contributed by atoms with Gasteiger partial charge in [-0.2, -0.15) is 0 Å². The van der Waals surface area contributed by atoms with E-state index in [1.165, 1.54) is 24.3 Å². The summed E-state index contributed by atoms with van der Waals surface area (Å²) in [7, 11) is 0. The summed E-state index contributed by atoms with van der Waals surface area (Å²) in [5.41, 5.74) is 0.367. The molecule has 1 aromatic carbocycles. The van der Waals surface area contributed by atoms with E-state index < -0.39 is 16.7 Å². The zero-order chi connectivity index (χ0) is 15.1. The Balaban J connectivity index is 2.13. The SMILES string of the molecule is O=C(O)c1ccc(-c2ccc([N+](=O)[O-])cc2F)n1C1CC1. The molecule has 0 spiro atoms. The number of carbonyl (C=O) groups is 1. The van der Waals surface area contributed by atoms with Crippen LogP contribution in [0.2, 0.25) is 0 Å². The Morgan fingerprint density at radius 3 is 2.57 bits per heavy atom. The minimum atomic E-state index is -1.07. The molecule has 0 saturated heterocycles. The van der Waals surface area contributed by atoms with Crippen LogP contribution < -0.4 is 0 Å². The summed E-state index contributed by atoms with van der Waals surface area (Å²) >= 11 is 0. The molecule has 3 rings (SSSR count). The second kappa shape index (κ2) is 4.69. The molecule has 0 bridgehead atoms. The van der Waals surface area contributed by atoms with Gasteiger partial charge in [-0.05, 0) is 31.0 Å². The number of nitrogens with zero attached hydrogens (tertiary/aromatic N) is 2. The van der Waals surface area contributed by atoms with Gasteiger partial charge in [0.2, 0.25) is 0 Å². The topological polar surface area (TPSA) is 85.4 Å². The highest BCUT2D eigenvalue weighted by Gasteiger charge is 2.30. The van der Waals surface area contributed by atoms with E-state index in [-0.39, 0.29) is 23.0 Å². The molecule has 7 heteroatoms. The minimum Gasteiger partial charge on any atom is -0.477 e. The van der Waals surface area contributed by atoms with Crippen molar-refractivity contribution in [1.29, 1.82) is 0 Å². The second-order valence-corrected chi connectivity index (χ2v) is 4.93. The molecule has 1 aromatic heterocycles. The number of nitro groups is 1. The number of hydrogen-bond acceptors (Lipinski definition) is 3. The van der Waals surface area contributed by atoms with Crippen molar-refractivity contribution in [3.8, 4) is 11.3 Å². The zero-order valence-electron chi connectivity index (χ0n) is 10.8. The normalized spacial score (nSPS) is 14.1. The molecule has 1 aliphatic rings. The Labute approximate surface area is 118 Å². The molecule has 6 nitrogen and oxygen atoms in total. The van der Waals surface area contributed by atoms with Gasteiger partial charge in [-0.25, -0.2) is 9.18 Å². The Bertz CT molecular complexity index is 749. The predicted molar refractivity (Wildman–Crippen MR) is 71.7 cm³/mol. The molecule has 1 fully saturated rings. The summed E-state index contributed by atoms with van der Waals surface area (Å²) in [5, 5.41) is 19.8. The van der Waals surface area contributed by atoms with Crippen LogP contribution in [-0.4, -0.2) is 20.6 Å². The summed E-state index contributed by atoms with van der Waals surface area (Å²) in [5.74, 6) is -1.81. The molecular weight excluding hydrogens is 279 g/mol. The fraction of sp³-hybridized carbons (Fsp3) is 0.214. The predicted octanol–water partition coefficient (Wildman–Crippen LogP) is 3.24. The molecule has 0 radical (unpaired) electrons. The van der Waals surface area contributed by atoms with Crippen molar-refractivity contribution < 1.29 is 19.2 Å². The summed E-state index contributed by atoms with van der Waals surface area (Å²) in [6, 6.07) is 6.38. The summed E-state index contributed by atoms with van der Waals surface area (Å²) in [6.45, 7) is 0. The van der Waals surface area contributed by atoms with E-state index in [0.29, 0.717) is 5.69 Å². The van der Waals surface area contributed by atoms with Gasteiger partial charge in [-0.15, -0.1) is 0 Å². The molecule has 0 unspecified atom stereocenters. The maximum absolute atomic E-state index is 14.1. The van der Waals surface area contributed by atoms with Crippen molar-refractivity contribution in [1.82, 2.24) is 4.57 Å². The fourth-order valence-electron chi connectivity index (χ4n) is 2.39. The summed E-state index contributed by atoms with van der Waals surface area (Å²) < 4.78 is 15.7. The number of aromatic nitrogens is 1. The monoisotopic (exact) mass is 290 g/mol. The van der Waals surface area contributed by atoms with Gasteiger partial charge in [-0.3, -0.25) is 10.1 Å². The first-order chi connectivity index (χ1) is 9.99. The molecule has 2 aromatic rings. The Morgan fingerprint density at radius 2 is 2.05 bits per heavy atom. The number of nitro benzene ring substituents is 1. The third kappa shape index (κ3) is 2.26. The number of carboxylic acid groups (broad SMARTS) is 1. The van der Waals surface area contributed by atoms with E-state index in [9.17, 15) is 24.4 Å². The van der Waals surface area contributed by atoms with Crippen LogP contribution in [0.5, 0.6) is 0 Å². The number of carboxylic acids is 1. The van der Waals surface area contributed by atoms with E-state index in [1.807, 2.05) is 0 Å². The van der Waals surface area contributed by atoms with Gasteiger partial charge < -0.3 is 9.67 Å². The lowest BCUT2D eigenvalue weighted by Crippen LogP contribution is -2.08. The number of benzene rings is 1. The van der Waals surface area contributed by atoms with E-state index >= 15 is 0 Å². The highest BCUT2D eigenvalue weighted by Crippen LogP contribution is 2.41. The van der Waals surface area contributed by atoms with Crippen LogP contribution in [0.4, 0.5) is 10.1 Å². The number of hydrogen-bond donors (Lipinski definition) is 1. The first-order valence-corrected chi connectivity index (χ1v) is 6.38. The zero-order valence-corrected chi connectivity index (χ0v) is 10.8. The average Bonchev–Trinajstić information content (AvgIpc) is 3.17. The maximum atomic E-state index is 14.1. The molecule has 1 aliphatic carbocycles. The highest BCUT2D eigenvalue weighted by molar-refractivity contribution is 5.87. The van der Waals surface area contributed by atoms with Crippen molar-refractivity contribution in [2.24, 2.45) is 0 Å². The molecule has 1 N–H and O–H groups in total. The lowest BCUT2D eigenvalue weighted by atomic mass is 10.1. The summed E-state index contributed by atoms with van der Waals surface area (Å²) in [4.78, 5) is 21.2. The van der Waals surface area contributed by atoms with Crippen LogP contribution in [0.25, 0.3) is 11.3 Å². The molecular formula is C14H11FN2O4. The van der Waals surface area contributed by atoms with Gasteiger partial charge in [0.15, 0.2) is 0 Å². The van der Waals surface area contributed by atoms with Crippen molar-refractivity contribution in [2.75, 3.05) is 0 Å².